The highest BCUT2D eigenvalue weighted by Crippen LogP contribution is 2.44. The molecule has 0 saturated carbocycles. The summed E-state index contributed by atoms with van der Waals surface area (Å²) >= 11 is 13.8. The van der Waals surface area contributed by atoms with Gasteiger partial charge in [0.05, 0.1) is 28.5 Å². The fraction of sp³-hybridized carbons (Fsp3) is 0.281. The number of aryl methyl sites for hydroxylation is 2. The first kappa shape index (κ1) is 29.8. The van der Waals surface area contributed by atoms with Gasteiger partial charge in [-0.3, -0.25) is 14.4 Å². The summed E-state index contributed by atoms with van der Waals surface area (Å²) in [7, 11) is 3.08. The second-order valence-corrected chi connectivity index (χ2v) is 11.6. The number of pyridine rings is 1. The lowest BCUT2D eigenvalue weighted by Crippen LogP contribution is -2.36. The summed E-state index contributed by atoms with van der Waals surface area (Å²) in [5.74, 6) is 0.0398. The van der Waals surface area contributed by atoms with E-state index in [-0.39, 0.29) is 28.6 Å². The minimum atomic E-state index is -0.595. The van der Waals surface area contributed by atoms with E-state index in [2.05, 4.69) is 27.1 Å². The van der Waals surface area contributed by atoms with Crippen molar-refractivity contribution in [1.29, 1.82) is 0 Å². The maximum absolute atomic E-state index is 12.9. The fourth-order valence-corrected chi connectivity index (χ4v) is 6.46. The van der Waals surface area contributed by atoms with Gasteiger partial charge in [-0.05, 0) is 43.0 Å². The van der Waals surface area contributed by atoms with Gasteiger partial charge in [0.1, 0.15) is 5.56 Å². The van der Waals surface area contributed by atoms with Gasteiger partial charge in [0, 0.05) is 60.5 Å². The highest BCUT2D eigenvalue weighted by atomic mass is 35.5. The van der Waals surface area contributed by atoms with Crippen LogP contribution in [0.2, 0.25) is 10.0 Å². The number of amides is 2. The number of fused-ring (bicyclic) bond motifs is 1. The number of halogens is 2. The zero-order valence-corrected chi connectivity index (χ0v) is 25.6. The van der Waals surface area contributed by atoms with E-state index in [1.165, 1.54) is 19.3 Å². The number of benzene rings is 2. The largest absolute Gasteiger partial charge is 0.481 e. The summed E-state index contributed by atoms with van der Waals surface area (Å²) in [6, 6.07) is 14.5. The summed E-state index contributed by atoms with van der Waals surface area (Å²) in [4.78, 5) is 41.7. The number of ether oxygens (including phenoxy) is 1. The van der Waals surface area contributed by atoms with Gasteiger partial charge in [0.25, 0.3) is 11.5 Å². The first-order chi connectivity index (χ1) is 21.2. The Hall–Kier alpha value is -4.25. The van der Waals surface area contributed by atoms with E-state index in [1.807, 2.05) is 24.3 Å². The van der Waals surface area contributed by atoms with Crippen LogP contribution < -0.4 is 26.2 Å². The molecule has 4 aromatic rings. The number of nitrogens with zero attached hydrogens (tertiary/aromatic N) is 3. The van der Waals surface area contributed by atoms with Crippen LogP contribution in [-0.4, -0.2) is 46.3 Å². The highest BCUT2D eigenvalue weighted by molar-refractivity contribution is 6.39. The average Bonchev–Trinajstić information content (AvgIpc) is 3.63. The molecule has 0 radical (unpaired) electrons. The van der Waals surface area contributed by atoms with Crippen LogP contribution in [0.15, 0.2) is 59.5 Å². The molecule has 0 bridgehead atoms. The fourth-order valence-electron chi connectivity index (χ4n) is 5.86. The van der Waals surface area contributed by atoms with E-state index in [0.717, 1.165) is 35.1 Å². The van der Waals surface area contributed by atoms with E-state index >= 15 is 0 Å². The van der Waals surface area contributed by atoms with Crippen molar-refractivity contribution in [3.8, 4) is 28.3 Å². The molecule has 44 heavy (non-hydrogen) atoms. The molecule has 2 aromatic heterocycles. The number of hydrogen-bond donors (Lipinski definition) is 3. The van der Waals surface area contributed by atoms with E-state index in [4.69, 9.17) is 32.9 Å². The quantitative estimate of drug-likeness (QED) is 0.251. The molecular weight excluding hydrogens is 603 g/mol. The zero-order chi connectivity index (χ0) is 31.0. The minimum absolute atomic E-state index is 0.0524. The van der Waals surface area contributed by atoms with E-state index < -0.39 is 11.5 Å². The van der Waals surface area contributed by atoms with E-state index in [1.54, 1.807) is 19.2 Å². The van der Waals surface area contributed by atoms with E-state index in [9.17, 15) is 14.4 Å². The number of methoxy groups -OCH3 is 1. The zero-order valence-electron chi connectivity index (χ0n) is 24.1. The van der Waals surface area contributed by atoms with Gasteiger partial charge in [-0.2, -0.15) is 5.10 Å². The second kappa shape index (κ2) is 12.4. The highest BCUT2D eigenvalue weighted by Gasteiger charge is 2.30. The third-order valence-electron chi connectivity index (χ3n) is 8.11. The van der Waals surface area contributed by atoms with E-state index in [0.29, 0.717) is 51.9 Å². The number of rotatable bonds is 8. The molecule has 2 aliphatic rings. The number of nitrogens with one attached hydrogen (secondary N) is 3. The van der Waals surface area contributed by atoms with Gasteiger partial charge in [-0.25, -0.2) is 9.67 Å². The summed E-state index contributed by atoms with van der Waals surface area (Å²) < 4.78 is 6.86. The molecule has 2 amide bonds. The molecule has 3 N–H and O–H groups in total. The van der Waals surface area contributed by atoms with Crippen molar-refractivity contribution in [2.75, 3.05) is 19.0 Å². The summed E-state index contributed by atoms with van der Waals surface area (Å²) in [5, 5.41) is 13.9. The molecule has 12 heteroatoms. The Morgan fingerprint density at radius 1 is 1.05 bits per heavy atom. The Labute approximate surface area is 263 Å². The Balaban J connectivity index is 1.29. The SMILES string of the molecule is COc1nc(-c2cccc(-c3cccc(NC(=O)c4ccnn(C)c4=O)c3Cl)c2Cl)cc2c1C(NCC1CCC(=O)N1)CC2. The van der Waals surface area contributed by atoms with Crippen LogP contribution in [0.4, 0.5) is 5.69 Å². The molecule has 3 heterocycles. The first-order valence-electron chi connectivity index (χ1n) is 14.3. The Kier molecular flexibility index (Phi) is 8.40. The molecular formula is C32H30Cl2N6O4. The first-order valence-corrected chi connectivity index (χ1v) is 15.0. The lowest BCUT2D eigenvalue weighted by molar-refractivity contribution is -0.119. The van der Waals surface area contributed by atoms with Gasteiger partial charge in [-0.1, -0.05) is 53.5 Å². The standard InChI is InChI=1S/C32H30Cl2N6O4/c1-40-32(43)22(13-14-36-40)30(42)38-24-8-4-6-20(29(24)34)19-5-3-7-21(28(19)33)25-15-17-9-11-23(27(17)31(39-25)44-2)35-16-18-10-12-26(41)37-18/h3-8,13-15,18,23,35H,9-12,16H2,1-2H3,(H,37,41)(H,38,42). The molecule has 2 aromatic carbocycles. The van der Waals surface area contributed by atoms with Crippen molar-refractivity contribution in [2.45, 2.75) is 37.8 Å². The molecule has 1 aliphatic heterocycles. The summed E-state index contributed by atoms with van der Waals surface area (Å²) in [6.07, 6.45) is 4.53. The molecule has 226 valence electrons. The maximum Gasteiger partial charge on any atom is 0.279 e. The van der Waals surface area contributed by atoms with Crippen molar-refractivity contribution in [3.05, 3.63) is 91.8 Å². The van der Waals surface area contributed by atoms with Gasteiger partial charge < -0.3 is 20.7 Å². The number of anilines is 1. The van der Waals surface area contributed by atoms with Crippen LogP contribution >= 0.6 is 23.2 Å². The molecule has 6 rings (SSSR count). The van der Waals surface area contributed by atoms with Gasteiger partial charge in [-0.15, -0.1) is 0 Å². The summed E-state index contributed by atoms with van der Waals surface area (Å²) in [5.41, 5.74) is 4.57. The lowest BCUT2D eigenvalue weighted by atomic mass is 9.99. The third kappa shape index (κ3) is 5.68. The number of aromatic nitrogens is 3. The predicted octanol–water partition coefficient (Wildman–Crippen LogP) is 4.93. The van der Waals surface area contributed by atoms with Crippen molar-refractivity contribution >= 4 is 40.7 Å². The van der Waals surface area contributed by atoms with Crippen molar-refractivity contribution in [2.24, 2.45) is 7.05 Å². The summed E-state index contributed by atoms with van der Waals surface area (Å²) in [6.45, 7) is 0.689. The van der Waals surface area contributed by atoms with Gasteiger partial charge >= 0.3 is 0 Å². The molecule has 0 spiro atoms. The molecule has 2 atom stereocenters. The van der Waals surface area contributed by atoms with Crippen LogP contribution in [0, 0.1) is 0 Å². The van der Waals surface area contributed by atoms with Gasteiger partial charge in [0.15, 0.2) is 0 Å². The van der Waals surface area contributed by atoms with Crippen LogP contribution in [-0.2, 0) is 18.3 Å². The molecule has 1 saturated heterocycles. The molecule has 2 unspecified atom stereocenters. The smallest absolute Gasteiger partial charge is 0.279 e. The Bertz CT molecular complexity index is 1840. The Morgan fingerprint density at radius 3 is 2.55 bits per heavy atom. The predicted molar refractivity (Wildman–Crippen MR) is 169 cm³/mol. The molecule has 10 nitrogen and oxygen atoms in total. The van der Waals surface area contributed by atoms with Crippen LogP contribution in [0.3, 0.4) is 0 Å². The van der Waals surface area contributed by atoms with Crippen molar-refractivity contribution in [3.63, 3.8) is 0 Å². The van der Waals surface area contributed by atoms with Crippen LogP contribution in [0.25, 0.3) is 22.4 Å². The van der Waals surface area contributed by atoms with Crippen LogP contribution in [0.5, 0.6) is 5.88 Å². The number of hydrogen-bond acceptors (Lipinski definition) is 7. The minimum Gasteiger partial charge on any atom is -0.481 e. The number of carbonyl (C=O) groups excluding carboxylic acids is 2. The molecule has 1 aliphatic carbocycles. The number of carbonyl (C=O) groups is 2. The normalized spacial score (nSPS) is 17.3. The average molecular weight is 634 g/mol. The van der Waals surface area contributed by atoms with Crippen LogP contribution in [0.1, 0.15) is 46.8 Å². The third-order valence-corrected chi connectivity index (χ3v) is 8.93. The lowest BCUT2D eigenvalue weighted by Gasteiger charge is -2.20. The topological polar surface area (TPSA) is 127 Å². The van der Waals surface area contributed by atoms with Crippen molar-refractivity contribution in [1.82, 2.24) is 25.4 Å². The monoisotopic (exact) mass is 632 g/mol. The van der Waals surface area contributed by atoms with Gasteiger partial charge in [0.2, 0.25) is 11.8 Å². The molecule has 1 fully saturated rings. The van der Waals surface area contributed by atoms with Crippen molar-refractivity contribution < 1.29 is 14.3 Å². The Morgan fingerprint density at radius 2 is 1.80 bits per heavy atom. The maximum atomic E-state index is 12.9. The second-order valence-electron chi connectivity index (χ2n) is 10.9.